The normalized spacial score (nSPS) is 43.2. The van der Waals surface area contributed by atoms with E-state index in [-0.39, 0.29) is 5.72 Å². The van der Waals surface area contributed by atoms with Gasteiger partial charge in [-0.1, -0.05) is 20.8 Å². The molecule has 3 fully saturated rings. The summed E-state index contributed by atoms with van der Waals surface area (Å²) in [6.07, 6.45) is 8.00. The van der Waals surface area contributed by atoms with E-state index in [4.69, 9.17) is 4.74 Å². The molecular weight excluding hydrogens is 210 g/mol. The van der Waals surface area contributed by atoms with Gasteiger partial charge in [-0.2, -0.15) is 0 Å². The fourth-order valence-corrected chi connectivity index (χ4v) is 4.25. The minimum Gasteiger partial charge on any atom is -0.359 e. The molecule has 2 heterocycles. The highest BCUT2D eigenvalue weighted by Gasteiger charge is 2.51. The van der Waals surface area contributed by atoms with Gasteiger partial charge < -0.3 is 4.74 Å². The van der Waals surface area contributed by atoms with Gasteiger partial charge in [-0.25, -0.2) is 0 Å². The molecule has 1 saturated carbocycles. The van der Waals surface area contributed by atoms with Crippen molar-refractivity contribution in [2.45, 2.75) is 71.1 Å². The predicted octanol–water partition coefficient (Wildman–Crippen LogP) is 3.41. The van der Waals surface area contributed by atoms with Crippen LogP contribution in [-0.4, -0.2) is 29.8 Å². The SMILES string of the molecule is CC(C)(C)C1CCC2(CC1)OC[C@@H]1CCCN12. The van der Waals surface area contributed by atoms with E-state index in [1.165, 1.54) is 45.1 Å². The molecule has 1 spiro atoms. The van der Waals surface area contributed by atoms with Gasteiger partial charge >= 0.3 is 0 Å². The van der Waals surface area contributed by atoms with E-state index in [0.717, 1.165) is 18.6 Å². The van der Waals surface area contributed by atoms with Crippen LogP contribution in [0.15, 0.2) is 0 Å². The average Bonchev–Trinajstić information content (AvgIpc) is 2.83. The maximum atomic E-state index is 6.24. The monoisotopic (exact) mass is 237 g/mol. The number of rotatable bonds is 0. The van der Waals surface area contributed by atoms with E-state index < -0.39 is 0 Å². The molecule has 0 amide bonds. The molecule has 2 nitrogen and oxygen atoms in total. The van der Waals surface area contributed by atoms with Crippen molar-refractivity contribution in [3.05, 3.63) is 0 Å². The zero-order chi connectivity index (χ0) is 12.1. The molecule has 0 aromatic rings. The summed E-state index contributed by atoms with van der Waals surface area (Å²) in [4.78, 5) is 2.70. The molecule has 17 heavy (non-hydrogen) atoms. The molecule has 0 radical (unpaired) electrons. The van der Waals surface area contributed by atoms with E-state index >= 15 is 0 Å². The third kappa shape index (κ3) is 1.94. The molecule has 0 unspecified atom stereocenters. The Kier molecular flexibility index (Phi) is 2.79. The summed E-state index contributed by atoms with van der Waals surface area (Å²) in [7, 11) is 0. The van der Waals surface area contributed by atoms with Crippen LogP contribution in [0, 0.1) is 11.3 Å². The molecule has 0 aromatic carbocycles. The maximum absolute atomic E-state index is 6.24. The topological polar surface area (TPSA) is 12.5 Å². The van der Waals surface area contributed by atoms with Crippen LogP contribution >= 0.6 is 0 Å². The van der Waals surface area contributed by atoms with Crippen molar-refractivity contribution in [1.82, 2.24) is 4.90 Å². The minimum absolute atomic E-state index is 0.156. The molecule has 3 rings (SSSR count). The number of hydrogen-bond acceptors (Lipinski definition) is 2. The summed E-state index contributed by atoms with van der Waals surface area (Å²) in [5, 5.41) is 0. The quantitative estimate of drug-likeness (QED) is 0.640. The summed E-state index contributed by atoms with van der Waals surface area (Å²) >= 11 is 0. The van der Waals surface area contributed by atoms with Crippen molar-refractivity contribution < 1.29 is 4.74 Å². The molecule has 3 aliphatic rings. The lowest BCUT2D eigenvalue weighted by Crippen LogP contribution is -2.49. The average molecular weight is 237 g/mol. The first-order chi connectivity index (χ1) is 8.01. The fourth-order valence-electron chi connectivity index (χ4n) is 4.25. The van der Waals surface area contributed by atoms with Gasteiger partial charge in [0.1, 0.15) is 5.72 Å². The van der Waals surface area contributed by atoms with Gasteiger partial charge in [0.15, 0.2) is 0 Å². The van der Waals surface area contributed by atoms with Crippen LogP contribution in [0.4, 0.5) is 0 Å². The lowest BCUT2D eigenvalue weighted by atomic mass is 9.70. The van der Waals surface area contributed by atoms with Crippen LogP contribution < -0.4 is 0 Å². The van der Waals surface area contributed by atoms with E-state index in [1.807, 2.05) is 0 Å². The molecule has 1 atom stereocenters. The smallest absolute Gasteiger partial charge is 0.122 e. The zero-order valence-corrected chi connectivity index (χ0v) is 11.7. The van der Waals surface area contributed by atoms with Crippen molar-refractivity contribution in [2.24, 2.45) is 11.3 Å². The van der Waals surface area contributed by atoms with Crippen LogP contribution in [0.2, 0.25) is 0 Å². The van der Waals surface area contributed by atoms with Crippen LogP contribution in [0.5, 0.6) is 0 Å². The molecular formula is C15H27NO. The fraction of sp³-hybridized carbons (Fsp3) is 1.00. The first kappa shape index (κ1) is 12.0. The molecule has 0 bridgehead atoms. The molecule has 2 saturated heterocycles. The highest BCUT2D eigenvalue weighted by atomic mass is 16.5. The molecule has 98 valence electrons. The molecule has 0 N–H and O–H groups in total. The summed E-state index contributed by atoms with van der Waals surface area (Å²) in [6, 6.07) is 0.751. The minimum atomic E-state index is 0.156. The largest absolute Gasteiger partial charge is 0.359 e. The Bertz CT molecular complexity index is 286. The van der Waals surface area contributed by atoms with Crippen molar-refractivity contribution >= 4 is 0 Å². The zero-order valence-electron chi connectivity index (χ0n) is 11.7. The lowest BCUT2D eigenvalue weighted by molar-refractivity contribution is -0.120. The van der Waals surface area contributed by atoms with Crippen LogP contribution in [0.25, 0.3) is 0 Å². The van der Waals surface area contributed by atoms with Crippen molar-refractivity contribution in [2.75, 3.05) is 13.2 Å². The third-order valence-corrected chi connectivity index (χ3v) is 5.44. The van der Waals surface area contributed by atoms with Gasteiger partial charge in [0, 0.05) is 12.6 Å². The summed E-state index contributed by atoms with van der Waals surface area (Å²) in [6.45, 7) is 9.46. The van der Waals surface area contributed by atoms with Crippen LogP contribution in [-0.2, 0) is 4.74 Å². The first-order valence-corrected chi connectivity index (χ1v) is 7.42. The van der Waals surface area contributed by atoms with Gasteiger partial charge in [-0.05, 0) is 49.9 Å². The second-order valence-corrected chi connectivity index (χ2v) is 7.39. The van der Waals surface area contributed by atoms with Crippen molar-refractivity contribution in [3.63, 3.8) is 0 Å². The van der Waals surface area contributed by atoms with E-state index in [2.05, 4.69) is 25.7 Å². The first-order valence-electron chi connectivity index (χ1n) is 7.42. The Balaban J connectivity index is 1.68. The lowest BCUT2D eigenvalue weighted by Gasteiger charge is -2.45. The summed E-state index contributed by atoms with van der Waals surface area (Å²) in [5.41, 5.74) is 0.632. The van der Waals surface area contributed by atoms with Gasteiger partial charge in [0.25, 0.3) is 0 Å². The van der Waals surface area contributed by atoms with Crippen molar-refractivity contribution in [1.29, 1.82) is 0 Å². The standard InChI is InChI=1S/C15H27NO/c1-14(2,3)12-6-8-15(9-7-12)16-10-4-5-13(16)11-17-15/h12-13H,4-11H2,1-3H3/t12?,13-,15?/m0/s1. The molecule has 1 aliphatic carbocycles. The number of nitrogens with zero attached hydrogens (tertiary/aromatic N) is 1. The van der Waals surface area contributed by atoms with Crippen LogP contribution in [0.1, 0.15) is 59.3 Å². The molecule has 2 heteroatoms. The highest BCUT2D eigenvalue weighted by Crippen LogP contribution is 2.48. The van der Waals surface area contributed by atoms with Crippen LogP contribution in [0.3, 0.4) is 0 Å². The van der Waals surface area contributed by atoms with E-state index in [9.17, 15) is 0 Å². The Morgan fingerprint density at radius 2 is 1.82 bits per heavy atom. The maximum Gasteiger partial charge on any atom is 0.122 e. The Labute approximate surface area is 106 Å². The Hall–Kier alpha value is -0.0800. The second-order valence-electron chi connectivity index (χ2n) is 7.39. The highest BCUT2D eigenvalue weighted by molar-refractivity contribution is 4.99. The van der Waals surface area contributed by atoms with Gasteiger partial charge in [0.05, 0.1) is 6.61 Å². The number of hydrogen-bond donors (Lipinski definition) is 0. The third-order valence-electron chi connectivity index (χ3n) is 5.44. The molecule has 0 aromatic heterocycles. The van der Waals surface area contributed by atoms with Gasteiger partial charge in [-0.15, -0.1) is 0 Å². The summed E-state index contributed by atoms with van der Waals surface area (Å²) < 4.78 is 6.24. The number of ether oxygens (including phenoxy) is 1. The predicted molar refractivity (Wildman–Crippen MR) is 69.8 cm³/mol. The van der Waals surface area contributed by atoms with E-state index in [1.54, 1.807) is 0 Å². The van der Waals surface area contributed by atoms with Crippen molar-refractivity contribution in [3.8, 4) is 0 Å². The van der Waals surface area contributed by atoms with Gasteiger partial charge in [-0.3, -0.25) is 4.90 Å². The Morgan fingerprint density at radius 3 is 2.47 bits per heavy atom. The van der Waals surface area contributed by atoms with Gasteiger partial charge in [0.2, 0.25) is 0 Å². The summed E-state index contributed by atoms with van der Waals surface area (Å²) in [5.74, 6) is 0.887. The van der Waals surface area contributed by atoms with E-state index in [0.29, 0.717) is 5.41 Å². The second kappa shape index (κ2) is 3.96. The number of fused-ring (bicyclic) bond motifs is 2. The molecule has 2 aliphatic heterocycles. The Morgan fingerprint density at radius 1 is 1.12 bits per heavy atom.